The second-order valence-electron chi connectivity index (χ2n) is 3.28. The summed E-state index contributed by atoms with van der Waals surface area (Å²) < 4.78 is 0. The van der Waals surface area contributed by atoms with Gasteiger partial charge in [-0.15, -0.1) is 0 Å². The van der Waals surface area contributed by atoms with Crippen molar-refractivity contribution in [3.05, 3.63) is 59.7 Å². The molecule has 0 aliphatic rings. The van der Waals surface area contributed by atoms with Gasteiger partial charge >= 0.3 is 0 Å². The molecule has 0 N–H and O–H groups in total. The molecule has 0 aromatic heterocycles. The first-order chi connectivity index (χ1) is 7.85. The van der Waals surface area contributed by atoms with E-state index in [1.54, 1.807) is 24.3 Å². The molecule has 2 heteroatoms. The van der Waals surface area contributed by atoms with Crippen molar-refractivity contribution in [3.63, 3.8) is 0 Å². The summed E-state index contributed by atoms with van der Waals surface area (Å²) in [5.41, 5.74) is 2.78. The Bertz CT molecular complexity index is 586. The smallest absolute Gasteiger partial charge is 0.0998 e. The van der Waals surface area contributed by atoms with Gasteiger partial charge in [0, 0.05) is 0 Å². The van der Waals surface area contributed by atoms with Crippen molar-refractivity contribution < 1.29 is 0 Å². The van der Waals surface area contributed by atoms with Gasteiger partial charge in [0.25, 0.3) is 0 Å². The van der Waals surface area contributed by atoms with E-state index in [0.717, 1.165) is 11.1 Å². The lowest BCUT2D eigenvalue weighted by molar-refractivity contribution is 1.44. The van der Waals surface area contributed by atoms with E-state index in [1.165, 1.54) is 0 Å². The van der Waals surface area contributed by atoms with E-state index in [-0.39, 0.29) is 0 Å². The fraction of sp³-hybridized carbons (Fsp3) is 0. The fourth-order valence-electron chi connectivity index (χ4n) is 1.52. The normalized spacial score (nSPS) is 9.12. The molecule has 16 heavy (non-hydrogen) atoms. The van der Waals surface area contributed by atoms with Gasteiger partial charge in [-0.2, -0.15) is 10.5 Å². The Morgan fingerprint density at radius 2 is 1.94 bits per heavy atom. The summed E-state index contributed by atoms with van der Waals surface area (Å²) in [5, 5.41) is 17.8. The summed E-state index contributed by atoms with van der Waals surface area (Å²) in [6.45, 7) is 0. The maximum absolute atomic E-state index is 9.03. The van der Waals surface area contributed by atoms with Crippen molar-refractivity contribution in [1.82, 2.24) is 0 Å². The number of nitrogens with zero attached hydrogens (tertiary/aromatic N) is 2. The van der Waals surface area contributed by atoms with E-state index >= 15 is 0 Å². The van der Waals surface area contributed by atoms with Crippen molar-refractivity contribution >= 4 is 0 Å². The second-order valence-corrected chi connectivity index (χ2v) is 3.28. The van der Waals surface area contributed by atoms with Crippen LogP contribution in [0.2, 0.25) is 0 Å². The van der Waals surface area contributed by atoms with Gasteiger partial charge in [-0.05, 0) is 35.4 Å². The van der Waals surface area contributed by atoms with Crippen LogP contribution in [-0.4, -0.2) is 0 Å². The zero-order valence-electron chi connectivity index (χ0n) is 8.44. The number of nitriles is 2. The predicted molar refractivity (Wildman–Crippen MR) is 60.1 cm³/mol. The largest absolute Gasteiger partial charge is 0.192 e. The highest BCUT2D eigenvalue weighted by molar-refractivity contribution is 5.71. The lowest BCUT2D eigenvalue weighted by Gasteiger charge is -2.03. The van der Waals surface area contributed by atoms with Gasteiger partial charge in [0.2, 0.25) is 0 Å². The average molecular weight is 203 g/mol. The summed E-state index contributed by atoms with van der Waals surface area (Å²) in [6, 6.07) is 19.6. The van der Waals surface area contributed by atoms with Crippen molar-refractivity contribution in [3.8, 4) is 23.3 Å². The fourth-order valence-corrected chi connectivity index (χ4v) is 1.52. The molecule has 2 nitrogen and oxygen atoms in total. The molecule has 2 aromatic carbocycles. The third-order valence-corrected chi connectivity index (χ3v) is 2.29. The highest BCUT2D eigenvalue weighted by atomic mass is 14.3. The minimum atomic E-state index is 0.500. The van der Waals surface area contributed by atoms with Crippen molar-refractivity contribution in [2.24, 2.45) is 0 Å². The van der Waals surface area contributed by atoms with Crippen LogP contribution in [0.5, 0.6) is 0 Å². The lowest BCUT2D eigenvalue weighted by Crippen LogP contribution is -1.86. The minimum absolute atomic E-state index is 0.500. The molecule has 0 fully saturated rings. The Balaban J connectivity index is 2.60. The Hall–Kier alpha value is -2.58. The molecule has 0 amide bonds. The summed E-state index contributed by atoms with van der Waals surface area (Å²) in [4.78, 5) is 0. The molecule has 2 aromatic rings. The highest BCUT2D eigenvalue weighted by Crippen LogP contribution is 2.23. The standard InChI is InChI=1S/C14H7N2/c15-9-11-6-7-14(13(8-11)10-16)12-4-2-1-3-5-12/h1-2,4-8H. The van der Waals surface area contributed by atoms with Crippen molar-refractivity contribution in [1.29, 1.82) is 10.5 Å². The van der Waals surface area contributed by atoms with Gasteiger partial charge in [-0.25, -0.2) is 0 Å². The Morgan fingerprint density at radius 1 is 1.06 bits per heavy atom. The lowest BCUT2D eigenvalue weighted by atomic mass is 9.99. The molecule has 0 atom stereocenters. The Morgan fingerprint density at radius 3 is 2.56 bits per heavy atom. The zero-order valence-corrected chi connectivity index (χ0v) is 8.44. The molecule has 0 heterocycles. The zero-order chi connectivity index (χ0) is 11.4. The highest BCUT2D eigenvalue weighted by Gasteiger charge is 2.05. The van der Waals surface area contributed by atoms with E-state index in [4.69, 9.17) is 10.5 Å². The average Bonchev–Trinajstić information content (AvgIpc) is 2.39. The SMILES string of the molecule is N#Cc1ccc(-c2c[c]ccc2)c(C#N)c1. The molecule has 0 bridgehead atoms. The summed E-state index contributed by atoms with van der Waals surface area (Å²) in [5.74, 6) is 0. The molecular weight excluding hydrogens is 196 g/mol. The first kappa shape index (κ1) is 9.96. The van der Waals surface area contributed by atoms with Crippen molar-refractivity contribution in [2.45, 2.75) is 0 Å². The van der Waals surface area contributed by atoms with Gasteiger partial charge in [-0.3, -0.25) is 0 Å². The van der Waals surface area contributed by atoms with Crippen LogP contribution in [0.15, 0.2) is 42.5 Å². The van der Waals surface area contributed by atoms with Gasteiger partial charge < -0.3 is 0 Å². The molecule has 0 aliphatic heterocycles. The Labute approximate surface area is 94.0 Å². The maximum Gasteiger partial charge on any atom is 0.0998 e. The predicted octanol–water partition coefficient (Wildman–Crippen LogP) is 2.90. The van der Waals surface area contributed by atoms with E-state index in [0.29, 0.717) is 11.1 Å². The van der Waals surface area contributed by atoms with E-state index in [9.17, 15) is 0 Å². The van der Waals surface area contributed by atoms with E-state index in [1.807, 2.05) is 24.3 Å². The maximum atomic E-state index is 9.03. The molecule has 0 saturated heterocycles. The van der Waals surface area contributed by atoms with Gasteiger partial charge in [-0.1, -0.05) is 24.3 Å². The van der Waals surface area contributed by atoms with Gasteiger partial charge in [0.15, 0.2) is 0 Å². The summed E-state index contributed by atoms with van der Waals surface area (Å²) >= 11 is 0. The molecule has 73 valence electrons. The quantitative estimate of drug-likeness (QED) is 0.715. The molecule has 0 spiro atoms. The van der Waals surface area contributed by atoms with Crippen LogP contribution in [0.4, 0.5) is 0 Å². The summed E-state index contributed by atoms with van der Waals surface area (Å²) in [6.07, 6.45) is 0. The minimum Gasteiger partial charge on any atom is -0.192 e. The van der Waals surface area contributed by atoms with Crippen LogP contribution in [0.1, 0.15) is 11.1 Å². The summed E-state index contributed by atoms with van der Waals surface area (Å²) in [7, 11) is 0. The van der Waals surface area contributed by atoms with Crippen LogP contribution in [0, 0.1) is 28.7 Å². The molecule has 2 rings (SSSR count). The third-order valence-electron chi connectivity index (χ3n) is 2.29. The monoisotopic (exact) mass is 203 g/mol. The molecule has 0 saturated carbocycles. The molecule has 1 radical (unpaired) electrons. The number of hydrogen-bond donors (Lipinski definition) is 0. The van der Waals surface area contributed by atoms with Crippen LogP contribution in [-0.2, 0) is 0 Å². The third kappa shape index (κ3) is 1.78. The van der Waals surface area contributed by atoms with Crippen LogP contribution in [0.3, 0.4) is 0 Å². The molecular formula is C14H7N2. The van der Waals surface area contributed by atoms with Gasteiger partial charge in [0.1, 0.15) is 0 Å². The van der Waals surface area contributed by atoms with E-state index in [2.05, 4.69) is 12.1 Å². The van der Waals surface area contributed by atoms with Crippen LogP contribution >= 0.6 is 0 Å². The van der Waals surface area contributed by atoms with Crippen molar-refractivity contribution in [2.75, 3.05) is 0 Å². The number of rotatable bonds is 1. The first-order valence-corrected chi connectivity index (χ1v) is 4.76. The number of hydrogen-bond acceptors (Lipinski definition) is 2. The molecule has 0 aliphatic carbocycles. The second kappa shape index (κ2) is 4.29. The first-order valence-electron chi connectivity index (χ1n) is 4.76. The number of benzene rings is 2. The van der Waals surface area contributed by atoms with Crippen LogP contribution in [0.25, 0.3) is 11.1 Å². The Kier molecular flexibility index (Phi) is 2.67. The van der Waals surface area contributed by atoms with E-state index < -0.39 is 0 Å². The van der Waals surface area contributed by atoms with Gasteiger partial charge in [0.05, 0.1) is 23.3 Å². The van der Waals surface area contributed by atoms with Crippen LogP contribution < -0.4 is 0 Å². The molecule has 0 unspecified atom stereocenters. The topological polar surface area (TPSA) is 47.6 Å².